The molecule has 0 spiro atoms. The van der Waals surface area contributed by atoms with Crippen LogP contribution in [0.3, 0.4) is 0 Å². The van der Waals surface area contributed by atoms with E-state index in [9.17, 15) is 9.59 Å². The van der Waals surface area contributed by atoms with Gasteiger partial charge < -0.3 is 14.2 Å². The minimum absolute atomic E-state index is 0.000183. The molecule has 1 aliphatic carbocycles. The molecule has 7 nitrogen and oxygen atoms in total. The number of carbonyl (C=O) groups is 2. The molecule has 1 aliphatic rings. The third kappa shape index (κ3) is 6.57. The molecule has 2 aromatic rings. The molecular formula is C24H28N2O5. The first-order valence-electron chi connectivity index (χ1n) is 10.2. The summed E-state index contributed by atoms with van der Waals surface area (Å²) in [7, 11) is 1.50. The zero-order valence-corrected chi connectivity index (χ0v) is 18.3. The Bertz CT molecular complexity index is 957. The van der Waals surface area contributed by atoms with Gasteiger partial charge in [-0.2, -0.15) is 5.10 Å². The fraction of sp³-hybridized carbons (Fsp3) is 0.375. The van der Waals surface area contributed by atoms with E-state index in [1.54, 1.807) is 18.2 Å². The predicted octanol–water partition coefficient (Wildman–Crippen LogP) is 3.84. The Morgan fingerprint density at radius 3 is 2.42 bits per heavy atom. The van der Waals surface area contributed by atoms with E-state index in [1.165, 1.54) is 18.9 Å². The summed E-state index contributed by atoms with van der Waals surface area (Å²) in [6.45, 7) is 6.26. The highest BCUT2D eigenvalue weighted by Crippen LogP contribution is 2.34. The van der Waals surface area contributed by atoms with Gasteiger partial charge in [0.15, 0.2) is 18.1 Å². The SMILES string of the molecule is COc1cc(/C=N\NC(=O)COc2ccc(C(C)(C)C)cc2)ccc1OC(=O)C1CC1. The maximum absolute atomic E-state index is 12.0. The van der Waals surface area contributed by atoms with Crippen molar-refractivity contribution < 1.29 is 23.8 Å². The van der Waals surface area contributed by atoms with Crippen LogP contribution < -0.4 is 19.6 Å². The summed E-state index contributed by atoms with van der Waals surface area (Å²) in [6.07, 6.45) is 3.22. The highest BCUT2D eigenvalue weighted by Gasteiger charge is 2.32. The van der Waals surface area contributed by atoms with E-state index >= 15 is 0 Å². The number of amides is 1. The van der Waals surface area contributed by atoms with E-state index in [2.05, 4.69) is 31.3 Å². The minimum atomic E-state index is -0.377. The van der Waals surface area contributed by atoms with Gasteiger partial charge in [0.25, 0.3) is 5.91 Å². The number of hydrogen-bond acceptors (Lipinski definition) is 6. The number of benzene rings is 2. The largest absolute Gasteiger partial charge is 0.493 e. The van der Waals surface area contributed by atoms with Crippen LogP contribution >= 0.6 is 0 Å². The summed E-state index contributed by atoms with van der Waals surface area (Å²) in [6, 6.07) is 12.7. The quantitative estimate of drug-likeness (QED) is 0.301. The van der Waals surface area contributed by atoms with Crippen LogP contribution in [-0.2, 0) is 15.0 Å². The molecule has 0 aliphatic heterocycles. The Morgan fingerprint density at radius 2 is 1.81 bits per heavy atom. The first-order valence-corrected chi connectivity index (χ1v) is 10.2. The van der Waals surface area contributed by atoms with Crippen molar-refractivity contribution in [3.63, 3.8) is 0 Å². The number of rotatable bonds is 8. The van der Waals surface area contributed by atoms with E-state index in [4.69, 9.17) is 14.2 Å². The second-order valence-corrected chi connectivity index (χ2v) is 8.46. The van der Waals surface area contributed by atoms with Crippen LogP contribution in [0.25, 0.3) is 0 Å². The molecule has 0 bridgehead atoms. The van der Waals surface area contributed by atoms with Crippen LogP contribution in [0.2, 0.25) is 0 Å². The molecule has 0 unspecified atom stereocenters. The first-order chi connectivity index (χ1) is 14.8. The van der Waals surface area contributed by atoms with Crippen molar-refractivity contribution in [1.82, 2.24) is 5.43 Å². The van der Waals surface area contributed by atoms with Gasteiger partial charge >= 0.3 is 5.97 Å². The van der Waals surface area contributed by atoms with E-state index in [1.807, 2.05) is 24.3 Å². The lowest BCUT2D eigenvalue weighted by atomic mass is 9.87. The molecule has 0 radical (unpaired) electrons. The van der Waals surface area contributed by atoms with Gasteiger partial charge in [0.05, 0.1) is 19.2 Å². The van der Waals surface area contributed by atoms with Gasteiger partial charge in [-0.3, -0.25) is 9.59 Å². The topological polar surface area (TPSA) is 86.2 Å². The van der Waals surface area contributed by atoms with Crippen molar-refractivity contribution in [2.45, 2.75) is 39.0 Å². The average Bonchev–Trinajstić information content (AvgIpc) is 3.58. The summed E-state index contributed by atoms with van der Waals surface area (Å²) >= 11 is 0. The van der Waals surface area contributed by atoms with Gasteiger partial charge in [0.2, 0.25) is 0 Å². The normalized spacial score (nSPS) is 13.7. The standard InChI is InChI=1S/C24H28N2O5/c1-24(2,3)18-8-10-19(11-9-18)30-15-22(27)26-25-14-16-5-12-20(21(13-16)29-4)31-23(28)17-6-7-17/h5,8-14,17H,6-7,15H2,1-4H3,(H,26,27)/b25-14-. The lowest BCUT2D eigenvalue weighted by Gasteiger charge is -2.19. The summed E-state index contributed by atoms with van der Waals surface area (Å²) in [5.74, 6) is 0.795. The number of hydrazone groups is 1. The third-order valence-corrected chi connectivity index (χ3v) is 4.80. The van der Waals surface area contributed by atoms with Crippen LogP contribution in [-0.4, -0.2) is 31.8 Å². The molecule has 1 N–H and O–H groups in total. The van der Waals surface area contributed by atoms with Crippen LogP contribution in [0.1, 0.15) is 44.7 Å². The van der Waals surface area contributed by atoms with E-state index < -0.39 is 0 Å². The van der Waals surface area contributed by atoms with Crippen molar-refractivity contribution in [3.05, 3.63) is 53.6 Å². The molecule has 164 valence electrons. The zero-order valence-electron chi connectivity index (χ0n) is 18.3. The Morgan fingerprint density at radius 1 is 1.10 bits per heavy atom. The number of methoxy groups -OCH3 is 1. The fourth-order valence-corrected chi connectivity index (χ4v) is 2.77. The monoisotopic (exact) mass is 424 g/mol. The number of nitrogens with zero attached hydrogens (tertiary/aromatic N) is 1. The zero-order chi connectivity index (χ0) is 22.4. The lowest BCUT2D eigenvalue weighted by Crippen LogP contribution is -2.24. The Hall–Kier alpha value is -3.35. The summed E-state index contributed by atoms with van der Waals surface area (Å²) in [4.78, 5) is 23.8. The van der Waals surface area contributed by atoms with Crippen molar-refractivity contribution in [1.29, 1.82) is 0 Å². The van der Waals surface area contributed by atoms with Crippen molar-refractivity contribution in [3.8, 4) is 17.2 Å². The van der Waals surface area contributed by atoms with Crippen LogP contribution in [0.4, 0.5) is 0 Å². The number of nitrogens with one attached hydrogen (secondary N) is 1. The number of carbonyl (C=O) groups excluding carboxylic acids is 2. The molecular weight excluding hydrogens is 396 g/mol. The van der Waals surface area contributed by atoms with Gasteiger partial charge in [-0.15, -0.1) is 0 Å². The van der Waals surface area contributed by atoms with Crippen LogP contribution in [0.15, 0.2) is 47.6 Å². The minimum Gasteiger partial charge on any atom is -0.493 e. The summed E-state index contributed by atoms with van der Waals surface area (Å²) in [5.41, 5.74) is 4.36. The van der Waals surface area contributed by atoms with Gasteiger partial charge in [0.1, 0.15) is 5.75 Å². The van der Waals surface area contributed by atoms with Gasteiger partial charge in [0, 0.05) is 0 Å². The molecule has 1 fully saturated rings. The highest BCUT2D eigenvalue weighted by molar-refractivity contribution is 5.84. The van der Waals surface area contributed by atoms with E-state index in [0.717, 1.165) is 12.8 Å². The molecule has 1 saturated carbocycles. The molecule has 1 amide bonds. The number of ether oxygens (including phenoxy) is 3. The maximum Gasteiger partial charge on any atom is 0.314 e. The Labute approximate surface area is 182 Å². The van der Waals surface area contributed by atoms with Crippen molar-refractivity contribution in [2.24, 2.45) is 11.0 Å². The molecule has 3 rings (SSSR count). The van der Waals surface area contributed by atoms with Crippen molar-refractivity contribution in [2.75, 3.05) is 13.7 Å². The number of hydrogen-bond donors (Lipinski definition) is 1. The van der Waals surface area contributed by atoms with Gasteiger partial charge in [-0.05, 0) is 59.7 Å². The smallest absolute Gasteiger partial charge is 0.314 e. The maximum atomic E-state index is 12.0. The fourth-order valence-electron chi connectivity index (χ4n) is 2.77. The molecule has 2 aromatic carbocycles. The number of esters is 1. The predicted molar refractivity (Wildman–Crippen MR) is 118 cm³/mol. The molecule has 7 heteroatoms. The highest BCUT2D eigenvalue weighted by atomic mass is 16.6. The van der Waals surface area contributed by atoms with Crippen LogP contribution in [0, 0.1) is 5.92 Å². The lowest BCUT2D eigenvalue weighted by molar-refractivity contribution is -0.135. The summed E-state index contributed by atoms with van der Waals surface area (Å²) in [5, 5.41) is 3.94. The first kappa shape index (κ1) is 22.3. The average molecular weight is 424 g/mol. The molecule has 0 saturated heterocycles. The van der Waals surface area contributed by atoms with E-state index in [-0.39, 0.29) is 29.8 Å². The third-order valence-electron chi connectivity index (χ3n) is 4.80. The molecule has 0 aromatic heterocycles. The Balaban J connectivity index is 1.49. The van der Waals surface area contributed by atoms with Gasteiger partial charge in [-0.25, -0.2) is 5.43 Å². The Kier molecular flexibility index (Phi) is 6.95. The van der Waals surface area contributed by atoms with Crippen molar-refractivity contribution >= 4 is 18.1 Å². The van der Waals surface area contributed by atoms with Crippen LogP contribution in [0.5, 0.6) is 17.2 Å². The molecule has 0 atom stereocenters. The van der Waals surface area contributed by atoms with E-state index in [0.29, 0.717) is 22.8 Å². The summed E-state index contributed by atoms with van der Waals surface area (Å²) < 4.78 is 16.1. The molecule has 31 heavy (non-hydrogen) atoms. The molecule has 0 heterocycles. The second kappa shape index (κ2) is 9.64. The van der Waals surface area contributed by atoms with Gasteiger partial charge in [-0.1, -0.05) is 32.9 Å². The second-order valence-electron chi connectivity index (χ2n) is 8.46.